The van der Waals surface area contributed by atoms with E-state index in [1.165, 1.54) is 22.7 Å². The standard InChI is InChI=1S/C17H25N5/c1-12-11-22(9-8-19-12)17-14(3)13(2)16(21(4)20-17)15-6-5-7-18-10-15/h5-7,10,12,19-20H,8-9,11H2,1-4H3/t12-/m1/s1. The lowest BCUT2D eigenvalue weighted by molar-refractivity contribution is 0.205. The average Bonchev–Trinajstić information content (AvgIpc) is 2.52. The van der Waals surface area contributed by atoms with Crippen LogP contribution >= 0.6 is 0 Å². The highest BCUT2D eigenvalue weighted by Gasteiger charge is 2.26. The molecule has 0 unspecified atom stereocenters. The summed E-state index contributed by atoms with van der Waals surface area (Å²) in [5.41, 5.74) is 8.51. The fourth-order valence-electron chi connectivity index (χ4n) is 3.26. The van der Waals surface area contributed by atoms with Crippen LogP contribution in [0.25, 0.3) is 5.70 Å². The topological polar surface area (TPSA) is 43.4 Å². The highest BCUT2D eigenvalue weighted by atomic mass is 15.6. The van der Waals surface area contributed by atoms with Crippen LogP contribution in [0.2, 0.25) is 0 Å². The van der Waals surface area contributed by atoms with Crippen molar-refractivity contribution >= 4 is 5.70 Å². The van der Waals surface area contributed by atoms with Gasteiger partial charge in [0.1, 0.15) is 5.82 Å². The molecule has 0 amide bonds. The minimum Gasteiger partial charge on any atom is -0.354 e. The molecule has 0 bridgehead atoms. The van der Waals surface area contributed by atoms with E-state index in [1.807, 2.05) is 18.5 Å². The van der Waals surface area contributed by atoms with E-state index in [9.17, 15) is 0 Å². The summed E-state index contributed by atoms with van der Waals surface area (Å²) in [5, 5.41) is 5.61. The van der Waals surface area contributed by atoms with Crippen molar-refractivity contribution in [1.82, 2.24) is 25.6 Å². The number of aromatic nitrogens is 1. The lowest BCUT2D eigenvalue weighted by Gasteiger charge is -2.41. The summed E-state index contributed by atoms with van der Waals surface area (Å²) in [6.07, 6.45) is 3.73. The van der Waals surface area contributed by atoms with Crippen LogP contribution in [0.1, 0.15) is 26.3 Å². The summed E-state index contributed by atoms with van der Waals surface area (Å²) in [6.45, 7) is 9.73. The van der Waals surface area contributed by atoms with Crippen molar-refractivity contribution in [1.29, 1.82) is 0 Å². The van der Waals surface area contributed by atoms with Gasteiger partial charge >= 0.3 is 0 Å². The number of pyridine rings is 1. The predicted octanol–water partition coefficient (Wildman–Crippen LogP) is 1.79. The quantitative estimate of drug-likeness (QED) is 0.871. The Morgan fingerprint density at radius 1 is 1.27 bits per heavy atom. The minimum atomic E-state index is 0.519. The van der Waals surface area contributed by atoms with Crippen LogP contribution < -0.4 is 10.7 Å². The molecule has 5 heteroatoms. The summed E-state index contributed by atoms with van der Waals surface area (Å²) < 4.78 is 0. The van der Waals surface area contributed by atoms with E-state index in [1.54, 1.807) is 0 Å². The van der Waals surface area contributed by atoms with Crippen molar-refractivity contribution in [3.05, 3.63) is 47.1 Å². The van der Waals surface area contributed by atoms with E-state index in [2.05, 4.69) is 59.5 Å². The monoisotopic (exact) mass is 299 g/mol. The number of allylic oxidation sites excluding steroid dienone is 2. The molecule has 3 heterocycles. The number of nitrogens with zero attached hydrogens (tertiary/aromatic N) is 3. The second kappa shape index (κ2) is 6.01. The Bertz CT molecular complexity index is 605. The Labute approximate surface area is 132 Å². The lowest BCUT2D eigenvalue weighted by atomic mass is 10.0. The number of hydrogen-bond donors (Lipinski definition) is 2. The summed E-state index contributed by atoms with van der Waals surface area (Å²) >= 11 is 0. The van der Waals surface area contributed by atoms with Gasteiger partial charge in [-0.3, -0.25) is 15.4 Å². The molecule has 0 aromatic carbocycles. The number of hydrogen-bond acceptors (Lipinski definition) is 5. The number of hydrazine groups is 1. The smallest absolute Gasteiger partial charge is 0.124 e. The van der Waals surface area contributed by atoms with Crippen molar-refractivity contribution in [2.24, 2.45) is 0 Å². The van der Waals surface area contributed by atoms with Gasteiger partial charge in [-0.25, -0.2) is 0 Å². The highest BCUT2D eigenvalue weighted by molar-refractivity contribution is 5.71. The molecule has 1 saturated heterocycles. The first-order valence-corrected chi connectivity index (χ1v) is 7.89. The maximum absolute atomic E-state index is 4.25. The van der Waals surface area contributed by atoms with Gasteiger partial charge in [-0.1, -0.05) is 0 Å². The van der Waals surface area contributed by atoms with Crippen LogP contribution in [0.15, 0.2) is 41.5 Å². The van der Waals surface area contributed by atoms with E-state index in [4.69, 9.17) is 0 Å². The molecule has 0 aliphatic carbocycles. The number of nitrogens with one attached hydrogen (secondary N) is 2. The molecule has 1 aromatic rings. The highest BCUT2D eigenvalue weighted by Crippen LogP contribution is 2.31. The molecule has 0 spiro atoms. The maximum atomic E-state index is 4.25. The van der Waals surface area contributed by atoms with Crippen molar-refractivity contribution in [2.45, 2.75) is 26.8 Å². The number of piperazine rings is 1. The largest absolute Gasteiger partial charge is 0.354 e. The Morgan fingerprint density at radius 2 is 2.09 bits per heavy atom. The van der Waals surface area contributed by atoms with E-state index in [0.717, 1.165) is 25.2 Å². The van der Waals surface area contributed by atoms with Gasteiger partial charge in [0.2, 0.25) is 0 Å². The van der Waals surface area contributed by atoms with E-state index < -0.39 is 0 Å². The summed E-state index contributed by atoms with van der Waals surface area (Å²) in [5.74, 6) is 1.22. The predicted molar refractivity (Wildman–Crippen MR) is 89.5 cm³/mol. The van der Waals surface area contributed by atoms with Gasteiger partial charge in [0.05, 0.1) is 5.70 Å². The molecule has 0 saturated carbocycles. The lowest BCUT2D eigenvalue weighted by Crippen LogP contribution is -2.53. The minimum absolute atomic E-state index is 0.519. The van der Waals surface area contributed by atoms with Gasteiger partial charge in [0.25, 0.3) is 0 Å². The third kappa shape index (κ3) is 2.68. The van der Waals surface area contributed by atoms with Crippen molar-refractivity contribution in [2.75, 3.05) is 26.7 Å². The zero-order chi connectivity index (χ0) is 15.7. The first-order chi connectivity index (χ1) is 10.6. The Morgan fingerprint density at radius 3 is 2.77 bits per heavy atom. The zero-order valence-electron chi connectivity index (χ0n) is 13.8. The van der Waals surface area contributed by atoms with Crippen LogP contribution in [0.5, 0.6) is 0 Å². The first-order valence-electron chi connectivity index (χ1n) is 7.89. The van der Waals surface area contributed by atoms with Crippen molar-refractivity contribution in [3.8, 4) is 0 Å². The fourth-order valence-corrected chi connectivity index (χ4v) is 3.26. The molecule has 2 aliphatic heterocycles. The van der Waals surface area contributed by atoms with Gasteiger partial charge in [-0.2, -0.15) is 0 Å². The molecule has 22 heavy (non-hydrogen) atoms. The molecule has 0 radical (unpaired) electrons. The SMILES string of the molecule is CC1=C(N2CCN[C@H](C)C2)NN(C)C(c2cccnc2)=C1C. The third-order valence-corrected chi connectivity index (χ3v) is 4.50. The zero-order valence-corrected chi connectivity index (χ0v) is 13.8. The van der Waals surface area contributed by atoms with Gasteiger partial charge < -0.3 is 10.2 Å². The molecular formula is C17H25N5. The molecular weight excluding hydrogens is 274 g/mol. The molecule has 2 N–H and O–H groups in total. The molecule has 3 rings (SSSR count). The van der Waals surface area contributed by atoms with E-state index >= 15 is 0 Å². The van der Waals surface area contributed by atoms with Crippen LogP contribution in [0, 0.1) is 0 Å². The maximum Gasteiger partial charge on any atom is 0.124 e. The van der Waals surface area contributed by atoms with Gasteiger partial charge in [0, 0.05) is 50.7 Å². The molecule has 1 fully saturated rings. The van der Waals surface area contributed by atoms with E-state index in [-0.39, 0.29) is 0 Å². The Balaban J connectivity index is 1.97. The van der Waals surface area contributed by atoms with Crippen LogP contribution in [0.4, 0.5) is 0 Å². The second-order valence-corrected chi connectivity index (χ2v) is 6.16. The van der Waals surface area contributed by atoms with Gasteiger partial charge in [-0.05, 0) is 44.1 Å². The fraction of sp³-hybridized carbons (Fsp3) is 0.471. The molecule has 1 atom stereocenters. The van der Waals surface area contributed by atoms with Crippen LogP contribution in [-0.2, 0) is 0 Å². The molecule has 5 nitrogen and oxygen atoms in total. The summed E-state index contributed by atoms with van der Waals surface area (Å²) in [6, 6.07) is 4.61. The van der Waals surface area contributed by atoms with Crippen LogP contribution in [0.3, 0.4) is 0 Å². The third-order valence-electron chi connectivity index (χ3n) is 4.50. The Kier molecular flexibility index (Phi) is 4.07. The summed E-state index contributed by atoms with van der Waals surface area (Å²) in [7, 11) is 2.07. The number of rotatable bonds is 2. The molecule has 118 valence electrons. The average molecular weight is 299 g/mol. The van der Waals surface area contributed by atoms with Gasteiger partial charge in [0.15, 0.2) is 0 Å². The van der Waals surface area contributed by atoms with E-state index in [0.29, 0.717) is 6.04 Å². The van der Waals surface area contributed by atoms with Crippen molar-refractivity contribution < 1.29 is 0 Å². The van der Waals surface area contributed by atoms with Crippen molar-refractivity contribution in [3.63, 3.8) is 0 Å². The second-order valence-electron chi connectivity index (χ2n) is 6.16. The van der Waals surface area contributed by atoms with Gasteiger partial charge in [-0.15, -0.1) is 0 Å². The molecule has 2 aliphatic rings. The first kappa shape index (κ1) is 14.9. The molecule has 1 aromatic heterocycles. The normalized spacial score (nSPS) is 23.0. The van der Waals surface area contributed by atoms with Crippen LogP contribution in [-0.4, -0.2) is 47.6 Å². The Hall–Kier alpha value is -2.01. The summed E-state index contributed by atoms with van der Waals surface area (Å²) in [4.78, 5) is 6.69.